The predicted octanol–water partition coefficient (Wildman–Crippen LogP) is 4.22. The van der Waals surface area contributed by atoms with Gasteiger partial charge in [-0.25, -0.2) is 0 Å². The van der Waals surface area contributed by atoms with Crippen LogP contribution >= 0.6 is 0 Å². The molecule has 1 atom stereocenters. The lowest BCUT2D eigenvalue weighted by atomic mass is 9.90. The Bertz CT molecular complexity index is 472. The molecule has 0 aliphatic heterocycles. The van der Waals surface area contributed by atoms with Gasteiger partial charge in [-0.05, 0) is 44.7 Å². The van der Waals surface area contributed by atoms with Gasteiger partial charge in [-0.3, -0.25) is 4.79 Å². The smallest absolute Gasteiger partial charge is 0.311 e. The van der Waals surface area contributed by atoms with Crippen molar-refractivity contribution in [3.8, 4) is 0 Å². The van der Waals surface area contributed by atoms with Gasteiger partial charge in [-0.1, -0.05) is 44.5 Å². The van der Waals surface area contributed by atoms with Gasteiger partial charge in [0.05, 0.1) is 17.6 Å². The van der Waals surface area contributed by atoms with E-state index < -0.39 is 11.0 Å². The van der Waals surface area contributed by atoms with Crippen LogP contribution < -0.4 is 0 Å². The molecule has 1 rings (SSSR count). The molecule has 0 radical (unpaired) electrons. The largest absolute Gasteiger partial charge is 0.465 e. The molecule has 1 aromatic rings. The van der Waals surface area contributed by atoms with E-state index >= 15 is 0 Å². The second-order valence-electron chi connectivity index (χ2n) is 6.84. The fourth-order valence-electron chi connectivity index (χ4n) is 2.26. The number of aliphatic hydroxyl groups is 1. The van der Waals surface area contributed by atoms with E-state index in [1.807, 2.05) is 52.0 Å². The van der Waals surface area contributed by atoms with Crippen LogP contribution in [0.1, 0.15) is 65.0 Å². The summed E-state index contributed by atoms with van der Waals surface area (Å²) in [6.07, 6.45) is 3.16. The minimum atomic E-state index is -0.773. The lowest BCUT2D eigenvalue weighted by Crippen LogP contribution is -2.26. The van der Waals surface area contributed by atoms with E-state index in [0.29, 0.717) is 13.0 Å². The summed E-state index contributed by atoms with van der Waals surface area (Å²) in [6, 6.07) is 7.92. The molecule has 0 fully saturated rings. The first kappa shape index (κ1) is 18.7. The van der Waals surface area contributed by atoms with Crippen molar-refractivity contribution in [3.63, 3.8) is 0 Å². The van der Waals surface area contributed by atoms with Crippen LogP contribution in [0.2, 0.25) is 0 Å². The van der Waals surface area contributed by atoms with Crippen molar-refractivity contribution < 1.29 is 14.6 Å². The number of hydrogen-bond acceptors (Lipinski definition) is 3. The van der Waals surface area contributed by atoms with Crippen LogP contribution in [-0.4, -0.2) is 17.7 Å². The van der Waals surface area contributed by atoms with Gasteiger partial charge in [0.25, 0.3) is 0 Å². The normalized spacial score (nSPS) is 14.5. The number of esters is 1. The molecule has 0 bridgehead atoms. The molecule has 0 amide bonds. The first-order valence-corrected chi connectivity index (χ1v) is 8.22. The highest BCUT2D eigenvalue weighted by atomic mass is 16.5. The summed E-state index contributed by atoms with van der Waals surface area (Å²) in [7, 11) is 0. The Hall–Kier alpha value is -1.35. The summed E-state index contributed by atoms with van der Waals surface area (Å²) < 4.78 is 5.35. The summed E-state index contributed by atoms with van der Waals surface area (Å²) in [4.78, 5) is 11.9. The predicted molar refractivity (Wildman–Crippen MR) is 89.7 cm³/mol. The highest BCUT2D eigenvalue weighted by Gasteiger charge is 2.26. The molecular formula is C19H30O3. The molecule has 124 valence electrons. The van der Waals surface area contributed by atoms with Gasteiger partial charge in [-0.2, -0.15) is 0 Å². The summed E-state index contributed by atoms with van der Waals surface area (Å²) >= 11 is 0. The van der Waals surface area contributed by atoms with Crippen molar-refractivity contribution in [2.24, 2.45) is 5.41 Å². The molecule has 1 unspecified atom stereocenters. The second-order valence-corrected chi connectivity index (χ2v) is 6.84. The molecular weight excluding hydrogens is 276 g/mol. The molecule has 3 heteroatoms. The third kappa shape index (κ3) is 5.13. The Morgan fingerprint density at radius 1 is 1.14 bits per heavy atom. The number of carbonyl (C=O) groups is 1. The number of carbonyl (C=O) groups excluding carboxylic acids is 1. The zero-order chi connectivity index (χ0) is 16.8. The molecule has 0 heterocycles. The zero-order valence-electron chi connectivity index (χ0n) is 14.6. The Morgan fingerprint density at radius 3 is 2.23 bits per heavy atom. The maximum atomic E-state index is 11.9. The van der Waals surface area contributed by atoms with Crippen LogP contribution in [0.3, 0.4) is 0 Å². The summed E-state index contributed by atoms with van der Waals surface area (Å²) in [5.41, 5.74) is 0.855. The average molecular weight is 306 g/mol. The van der Waals surface area contributed by atoms with E-state index in [-0.39, 0.29) is 5.97 Å². The quantitative estimate of drug-likeness (QED) is 0.732. The molecule has 0 aromatic heterocycles. The molecule has 1 N–H and O–H groups in total. The Labute approximate surface area is 134 Å². The van der Waals surface area contributed by atoms with Crippen molar-refractivity contribution >= 4 is 5.97 Å². The molecule has 0 saturated carbocycles. The molecule has 0 aliphatic rings. The fourth-order valence-corrected chi connectivity index (χ4v) is 2.26. The number of rotatable bonds is 8. The molecule has 0 aliphatic carbocycles. The van der Waals surface area contributed by atoms with Gasteiger partial charge in [0.2, 0.25) is 0 Å². The summed E-state index contributed by atoms with van der Waals surface area (Å²) in [5.74, 6) is -0.141. The van der Waals surface area contributed by atoms with Crippen molar-refractivity contribution in [1.29, 1.82) is 0 Å². The molecule has 3 nitrogen and oxygen atoms in total. The van der Waals surface area contributed by atoms with Gasteiger partial charge in [0.15, 0.2) is 0 Å². The van der Waals surface area contributed by atoms with Crippen molar-refractivity contribution in [2.75, 3.05) is 6.61 Å². The third-order valence-corrected chi connectivity index (χ3v) is 4.37. The van der Waals surface area contributed by atoms with Crippen molar-refractivity contribution in [1.82, 2.24) is 0 Å². The fraction of sp³-hybridized carbons (Fsp3) is 0.632. The van der Waals surface area contributed by atoms with Gasteiger partial charge >= 0.3 is 5.97 Å². The van der Waals surface area contributed by atoms with Crippen LogP contribution in [0, 0.1) is 5.41 Å². The molecule has 22 heavy (non-hydrogen) atoms. The Morgan fingerprint density at radius 2 is 1.73 bits per heavy atom. The van der Waals surface area contributed by atoms with Crippen LogP contribution in [0.4, 0.5) is 0 Å². The Balaban J connectivity index is 2.54. The van der Waals surface area contributed by atoms with E-state index in [1.165, 1.54) is 0 Å². The lowest BCUT2D eigenvalue weighted by molar-refractivity contribution is -0.154. The van der Waals surface area contributed by atoms with Gasteiger partial charge in [-0.15, -0.1) is 0 Å². The molecule has 1 aromatic carbocycles. The van der Waals surface area contributed by atoms with Crippen LogP contribution in [-0.2, 0) is 21.6 Å². The first-order chi connectivity index (χ1) is 10.2. The van der Waals surface area contributed by atoms with E-state index in [0.717, 1.165) is 30.4 Å². The van der Waals surface area contributed by atoms with Crippen molar-refractivity contribution in [2.45, 2.75) is 65.9 Å². The van der Waals surface area contributed by atoms with Crippen LogP contribution in [0.15, 0.2) is 24.3 Å². The number of hydrogen-bond donors (Lipinski definition) is 1. The highest BCUT2D eigenvalue weighted by Crippen LogP contribution is 2.26. The van der Waals surface area contributed by atoms with E-state index in [2.05, 4.69) is 6.92 Å². The summed E-state index contributed by atoms with van der Waals surface area (Å²) in [5, 5.41) is 10.4. The molecule has 0 spiro atoms. The van der Waals surface area contributed by atoms with E-state index in [4.69, 9.17) is 4.74 Å². The SMILES string of the molecule is CCCC(C)(O)c1ccc(CCOC(=O)C(C)(C)CC)cc1. The highest BCUT2D eigenvalue weighted by molar-refractivity contribution is 5.75. The van der Waals surface area contributed by atoms with Gasteiger partial charge < -0.3 is 9.84 Å². The average Bonchev–Trinajstić information content (AvgIpc) is 2.47. The minimum Gasteiger partial charge on any atom is -0.465 e. The maximum Gasteiger partial charge on any atom is 0.311 e. The zero-order valence-corrected chi connectivity index (χ0v) is 14.6. The third-order valence-electron chi connectivity index (χ3n) is 4.37. The number of ether oxygens (including phenoxy) is 1. The van der Waals surface area contributed by atoms with Crippen LogP contribution in [0.25, 0.3) is 0 Å². The van der Waals surface area contributed by atoms with Crippen molar-refractivity contribution in [3.05, 3.63) is 35.4 Å². The first-order valence-electron chi connectivity index (χ1n) is 8.22. The number of benzene rings is 1. The monoisotopic (exact) mass is 306 g/mol. The summed E-state index contributed by atoms with van der Waals surface area (Å²) in [6.45, 7) is 10.1. The topological polar surface area (TPSA) is 46.5 Å². The molecule has 0 saturated heterocycles. The Kier molecular flexibility index (Phi) is 6.61. The second kappa shape index (κ2) is 7.77. The maximum absolute atomic E-state index is 11.9. The van der Waals surface area contributed by atoms with E-state index in [9.17, 15) is 9.90 Å². The lowest BCUT2D eigenvalue weighted by Gasteiger charge is -2.23. The van der Waals surface area contributed by atoms with Gasteiger partial charge in [0.1, 0.15) is 0 Å². The van der Waals surface area contributed by atoms with Crippen LogP contribution in [0.5, 0.6) is 0 Å². The van der Waals surface area contributed by atoms with E-state index in [1.54, 1.807) is 0 Å². The van der Waals surface area contributed by atoms with Gasteiger partial charge in [0, 0.05) is 6.42 Å². The standard InChI is InChI=1S/C19H30O3/c1-6-13-19(5,21)16-10-8-15(9-11-16)12-14-22-17(20)18(3,4)7-2/h8-11,21H,6-7,12-14H2,1-5H3. The minimum absolute atomic E-state index is 0.141.